The normalized spacial score (nSPS) is 29.8. The van der Waals surface area contributed by atoms with Crippen molar-refractivity contribution in [3.63, 3.8) is 0 Å². The second kappa shape index (κ2) is 6.87. The van der Waals surface area contributed by atoms with E-state index in [1.807, 2.05) is 0 Å². The second-order valence-corrected chi connectivity index (χ2v) is 6.31. The van der Waals surface area contributed by atoms with E-state index in [1.165, 1.54) is 6.42 Å². The third kappa shape index (κ3) is 3.71. The number of carboxylic acids is 1. The van der Waals surface area contributed by atoms with E-state index in [4.69, 9.17) is 4.74 Å². The van der Waals surface area contributed by atoms with Gasteiger partial charge in [-0.2, -0.15) is 0 Å². The van der Waals surface area contributed by atoms with Gasteiger partial charge in [-0.15, -0.1) is 0 Å². The van der Waals surface area contributed by atoms with Gasteiger partial charge < -0.3 is 14.9 Å². The Balaban J connectivity index is 2.04. The van der Waals surface area contributed by atoms with E-state index in [0.717, 1.165) is 38.6 Å². The molecule has 2 atom stereocenters. The highest BCUT2D eigenvalue weighted by molar-refractivity contribution is 5.71. The largest absolute Gasteiger partial charge is 0.481 e. The Bertz CT molecular complexity index is 328. The van der Waals surface area contributed by atoms with Gasteiger partial charge in [0, 0.05) is 12.6 Å². The summed E-state index contributed by atoms with van der Waals surface area (Å²) in [6.45, 7) is 4.24. The fourth-order valence-corrected chi connectivity index (χ4v) is 3.53. The number of ether oxygens (including phenoxy) is 1. The quantitative estimate of drug-likeness (QED) is 0.774. The van der Waals surface area contributed by atoms with Crippen molar-refractivity contribution >= 4 is 5.97 Å². The average molecular weight is 285 g/mol. The van der Waals surface area contributed by atoms with Gasteiger partial charge in [-0.3, -0.25) is 9.69 Å². The summed E-state index contributed by atoms with van der Waals surface area (Å²) in [5.74, 6) is -1.25. The highest BCUT2D eigenvalue weighted by Crippen LogP contribution is 2.31. The number of hydrogen-bond acceptors (Lipinski definition) is 4. The van der Waals surface area contributed by atoms with E-state index >= 15 is 0 Å². The van der Waals surface area contributed by atoms with Gasteiger partial charge in [-0.25, -0.2) is 0 Å². The predicted molar refractivity (Wildman–Crippen MR) is 75.6 cm³/mol. The Morgan fingerprint density at radius 1 is 1.30 bits per heavy atom. The van der Waals surface area contributed by atoms with Gasteiger partial charge in [-0.1, -0.05) is 26.2 Å². The van der Waals surface area contributed by atoms with Crippen molar-refractivity contribution in [1.29, 1.82) is 0 Å². The lowest BCUT2D eigenvalue weighted by molar-refractivity contribution is -0.143. The molecular formula is C15H27NO4. The lowest BCUT2D eigenvalue weighted by Gasteiger charge is -2.40. The van der Waals surface area contributed by atoms with E-state index in [-0.39, 0.29) is 6.04 Å². The van der Waals surface area contributed by atoms with Crippen LogP contribution in [0, 0.1) is 5.92 Å². The molecule has 0 spiro atoms. The highest BCUT2D eigenvalue weighted by Gasteiger charge is 2.41. The maximum absolute atomic E-state index is 11.3. The molecule has 116 valence electrons. The van der Waals surface area contributed by atoms with Crippen molar-refractivity contribution in [3.05, 3.63) is 0 Å². The number of aliphatic carboxylic acids is 1. The monoisotopic (exact) mass is 285 g/mol. The summed E-state index contributed by atoms with van der Waals surface area (Å²) in [6, 6.07) is -0.0987. The molecule has 1 saturated carbocycles. The molecule has 0 aromatic heterocycles. The molecule has 0 aromatic rings. The number of aliphatic hydroxyl groups is 1. The molecule has 5 nitrogen and oxygen atoms in total. The van der Waals surface area contributed by atoms with Gasteiger partial charge in [0.25, 0.3) is 0 Å². The van der Waals surface area contributed by atoms with Crippen molar-refractivity contribution in [1.82, 2.24) is 4.90 Å². The first-order chi connectivity index (χ1) is 9.56. The standard InChI is InChI=1S/C15H27NO4/c1-2-8-16(11-15(19)6-4-3-5-7-15)13-10-20-9-12(13)14(17)18/h12-13,19H,2-11H2,1H3,(H,17,18). The van der Waals surface area contributed by atoms with Crippen molar-refractivity contribution in [2.45, 2.75) is 57.1 Å². The van der Waals surface area contributed by atoms with Gasteiger partial charge in [0.2, 0.25) is 0 Å². The molecule has 1 aliphatic heterocycles. The maximum Gasteiger partial charge on any atom is 0.310 e. The van der Waals surface area contributed by atoms with Crippen LogP contribution < -0.4 is 0 Å². The van der Waals surface area contributed by atoms with E-state index in [1.54, 1.807) is 0 Å². The van der Waals surface area contributed by atoms with Crippen LogP contribution >= 0.6 is 0 Å². The SMILES string of the molecule is CCCN(CC1(O)CCCCC1)C1COCC1C(=O)O. The zero-order valence-corrected chi connectivity index (χ0v) is 12.4. The average Bonchev–Trinajstić information content (AvgIpc) is 2.88. The predicted octanol–water partition coefficient (Wildman–Crippen LogP) is 1.49. The van der Waals surface area contributed by atoms with Crippen molar-refractivity contribution in [2.75, 3.05) is 26.3 Å². The Labute approximate surface area is 120 Å². The Kier molecular flexibility index (Phi) is 5.41. The van der Waals surface area contributed by atoms with Gasteiger partial charge in [-0.05, 0) is 25.8 Å². The van der Waals surface area contributed by atoms with Gasteiger partial charge in [0.1, 0.15) is 0 Å². The Morgan fingerprint density at radius 3 is 2.60 bits per heavy atom. The Hall–Kier alpha value is -0.650. The molecule has 2 fully saturated rings. The zero-order chi connectivity index (χ0) is 14.6. The van der Waals surface area contributed by atoms with Crippen molar-refractivity contribution in [3.8, 4) is 0 Å². The summed E-state index contributed by atoms with van der Waals surface area (Å²) in [6.07, 6.45) is 5.95. The summed E-state index contributed by atoms with van der Waals surface area (Å²) in [5.41, 5.74) is -0.640. The molecule has 1 saturated heterocycles. The molecule has 1 aliphatic carbocycles. The van der Waals surface area contributed by atoms with Crippen molar-refractivity contribution < 1.29 is 19.7 Å². The number of carboxylic acid groups (broad SMARTS) is 1. The molecule has 0 amide bonds. The van der Waals surface area contributed by atoms with Crippen LogP contribution in [-0.4, -0.2) is 59.0 Å². The highest BCUT2D eigenvalue weighted by atomic mass is 16.5. The van der Waals surface area contributed by atoms with Crippen LogP contribution in [0.1, 0.15) is 45.4 Å². The number of hydrogen-bond donors (Lipinski definition) is 2. The van der Waals surface area contributed by atoms with Gasteiger partial charge >= 0.3 is 5.97 Å². The molecule has 2 aliphatic rings. The molecule has 2 rings (SSSR count). The topological polar surface area (TPSA) is 70.0 Å². The second-order valence-electron chi connectivity index (χ2n) is 6.31. The molecular weight excluding hydrogens is 258 g/mol. The van der Waals surface area contributed by atoms with E-state index in [0.29, 0.717) is 19.8 Å². The first-order valence-electron chi connectivity index (χ1n) is 7.83. The summed E-state index contributed by atoms with van der Waals surface area (Å²) in [5, 5.41) is 20.0. The number of rotatable bonds is 6. The molecule has 2 N–H and O–H groups in total. The lowest BCUT2D eigenvalue weighted by atomic mass is 9.84. The van der Waals surface area contributed by atoms with Crippen LogP contribution in [0.2, 0.25) is 0 Å². The minimum absolute atomic E-state index is 0.0987. The molecule has 0 aromatic carbocycles. The smallest absolute Gasteiger partial charge is 0.310 e. The summed E-state index contributed by atoms with van der Waals surface area (Å²) in [4.78, 5) is 13.5. The van der Waals surface area contributed by atoms with Crippen LogP contribution in [0.25, 0.3) is 0 Å². The third-order valence-corrected chi connectivity index (χ3v) is 4.63. The van der Waals surface area contributed by atoms with Gasteiger partial charge in [0.05, 0.1) is 24.7 Å². The minimum atomic E-state index is -0.788. The van der Waals surface area contributed by atoms with Crippen LogP contribution in [0.15, 0.2) is 0 Å². The summed E-state index contributed by atoms with van der Waals surface area (Å²) >= 11 is 0. The van der Waals surface area contributed by atoms with E-state index in [9.17, 15) is 15.0 Å². The first-order valence-corrected chi connectivity index (χ1v) is 7.83. The molecule has 0 bridgehead atoms. The molecule has 0 radical (unpaired) electrons. The van der Waals surface area contributed by atoms with Crippen LogP contribution in [0.3, 0.4) is 0 Å². The van der Waals surface area contributed by atoms with Gasteiger partial charge in [0.15, 0.2) is 0 Å². The first kappa shape index (κ1) is 15.7. The van der Waals surface area contributed by atoms with E-state index in [2.05, 4.69) is 11.8 Å². The molecule has 5 heteroatoms. The fourth-order valence-electron chi connectivity index (χ4n) is 3.53. The van der Waals surface area contributed by atoms with E-state index < -0.39 is 17.5 Å². The lowest BCUT2D eigenvalue weighted by Crippen LogP contribution is -2.51. The maximum atomic E-state index is 11.3. The zero-order valence-electron chi connectivity index (χ0n) is 12.4. The number of carbonyl (C=O) groups is 1. The summed E-state index contributed by atoms with van der Waals surface area (Å²) in [7, 11) is 0. The minimum Gasteiger partial charge on any atom is -0.481 e. The number of nitrogens with zero attached hydrogens (tertiary/aromatic N) is 1. The Morgan fingerprint density at radius 2 is 2.00 bits per heavy atom. The summed E-state index contributed by atoms with van der Waals surface area (Å²) < 4.78 is 5.38. The molecule has 20 heavy (non-hydrogen) atoms. The molecule has 2 unspecified atom stereocenters. The third-order valence-electron chi connectivity index (χ3n) is 4.63. The van der Waals surface area contributed by atoms with Crippen LogP contribution in [0.4, 0.5) is 0 Å². The molecule has 1 heterocycles. The van der Waals surface area contributed by atoms with Crippen LogP contribution in [-0.2, 0) is 9.53 Å². The fraction of sp³-hybridized carbons (Fsp3) is 0.933. The van der Waals surface area contributed by atoms with Crippen molar-refractivity contribution in [2.24, 2.45) is 5.92 Å². The van der Waals surface area contributed by atoms with Crippen LogP contribution in [0.5, 0.6) is 0 Å².